The van der Waals surface area contributed by atoms with Gasteiger partial charge in [0.15, 0.2) is 0 Å². The molecule has 4 heteroatoms. The molecule has 0 saturated carbocycles. The fraction of sp³-hybridized carbons (Fsp3) is 0.562. The number of hydrogen-bond donors (Lipinski definition) is 1. The Labute approximate surface area is 121 Å². The van der Waals surface area contributed by atoms with Crippen molar-refractivity contribution < 1.29 is 9.53 Å². The average molecular weight is 276 g/mol. The highest BCUT2D eigenvalue weighted by molar-refractivity contribution is 5.77. The van der Waals surface area contributed by atoms with Crippen molar-refractivity contribution in [2.75, 3.05) is 32.8 Å². The van der Waals surface area contributed by atoms with Crippen LogP contribution in [0.4, 0.5) is 0 Å². The molecule has 4 nitrogen and oxygen atoms in total. The molecule has 2 rings (SSSR count). The van der Waals surface area contributed by atoms with E-state index in [1.54, 1.807) is 0 Å². The van der Waals surface area contributed by atoms with E-state index < -0.39 is 0 Å². The second-order valence-corrected chi connectivity index (χ2v) is 5.20. The molecule has 0 amide bonds. The smallest absolute Gasteiger partial charge is 0.328 e. The van der Waals surface area contributed by atoms with E-state index in [9.17, 15) is 4.79 Å². The van der Waals surface area contributed by atoms with Crippen LogP contribution in [0.2, 0.25) is 0 Å². The van der Waals surface area contributed by atoms with Gasteiger partial charge < -0.3 is 10.1 Å². The van der Waals surface area contributed by atoms with E-state index in [4.69, 9.17) is 4.74 Å². The molecule has 110 valence electrons. The zero-order valence-electron chi connectivity index (χ0n) is 12.4. The highest BCUT2D eigenvalue weighted by Crippen LogP contribution is 2.23. The maximum atomic E-state index is 12.4. The molecule has 1 aromatic rings. The van der Waals surface area contributed by atoms with Crippen LogP contribution in [0.5, 0.6) is 0 Å². The molecule has 1 fully saturated rings. The lowest BCUT2D eigenvalue weighted by atomic mass is 10.0. The van der Waals surface area contributed by atoms with Crippen LogP contribution in [-0.4, -0.2) is 43.7 Å². The number of nitrogens with zero attached hydrogens (tertiary/aromatic N) is 1. The topological polar surface area (TPSA) is 41.6 Å². The van der Waals surface area contributed by atoms with E-state index in [0.29, 0.717) is 6.61 Å². The van der Waals surface area contributed by atoms with Crippen LogP contribution in [0, 0.1) is 6.92 Å². The normalized spacial score (nSPS) is 18.3. The van der Waals surface area contributed by atoms with Gasteiger partial charge in [-0.05, 0) is 32.4 Å². The number of ether oxygens (including phenoxy) is 1. The van der Waals surface area contributed by atoms with E-state index in [1.165, 1.54) is 5.56 Å². The number of carbonyl (C=O) groups is 1. The summed E-state index contributed by atoms with van der Waals surface area (Å²) in [6.45, 7) is 8.06. The van der Waals surface area contributed by atoms with Crippen LogP contribution >= 0.6 is 0 Å². The summed E-state index contributed by atoms with van der Waals surface area (Å²) in [7, 11) is 0. The number of esters is 1. The zero-order valence-corrected chi connectivity index (χ0v) is 12.4. The molecule has 0 radical (unpaired) electrons. The third-order valence-electron chi connectivity index (χ3n) is 3.64. The quantitative estimate of drug-likeness (QED) is 0.853. The molecule has 1 N–H and O–H groups in total. The van der Waals surface area contributed by atoms with Gasteiger partial charge in [-0.2, -0.15) is 0 Å². The Balaban J connectivity index is 2.23. The van der Waals surface area contributed by atoms with Gasteiger partial charge in [0, 0.05) is 19.6 Å². The van der Waals surface area contributed by atoms with Gasteiger partial charge in [0.1, 0.15) is 6.04 Å². The standard InChI is InChI=1S/C16H24N2O2/c1-3-20-16(19)15(14-7-5-13(2)6-8-14)18-11-4-9-17-10-12-18/h5-8,15,17H,3-4,9-12H2,1-2H3. The number of hydrogen-bond acceptors (Lipinski definition) is 4. The monoisotopic (exact) mass is 276 g/mol. The Morgan fingerprint density at radius 3 is 2.75 bits per heavy atom. The fourth-order valence-corrected chi connectivity index (χ4v) is 2.59. The van der Waals surface area contributed by atoms with E-state index in [-0.39, 0.29) is 12.0 Å². The number of nitrogens with one attached hydrogen (secondary N) is 1. The van der Waals surface area contributed by atoms with Gasteiger partial charge in [-0.15, -0.1) is 0 Å². The summed E-state index contributed by atoms with van der Waals surface area (Å²) in [5.74, 6) is -0.141. The molecule has 1 saturated heterocycles. The van der Waals surface area contributed by atoms with Crippen molar-refractivity contribution in [2.45, 2.75) is 26.3 Å². The van der Waals surface area contributed by atoms with Gasteiger partial charge in [0.25, 0.3) is 0 Å². The lowest BCUT2D eigenvalue weighted by Gasteiger charge is -2.29. The second kappa shape index (κ2) is 7.41. The van der Waals surface area contributed by atoms with Crippen molar-refractivity contribution in [3.63, 3.8) is 0 Å². The summed E-state index contributed by atoms with van der Waals surface area (Å²) in [5.41, 5.74) is 2.23. The molecule has 1 atom stereocenters. The lowest BCUT2D eigenvalue weighted by Crippen LogP contribution is -2.37. The third-order valence-corrected chi connectivity index (χ3v) is 3.64. The number of rotatable bonds is 4. The maximum absolute atomic E-state index is 12.4. The van der Waals surface area contributed by atoms with Crippen LogP contribution in [0.1, 0.15) is 30.5 Å². The first-order chi connectivity index (χ1) is 9.72. The van der Waals surface area contributed by atoms with Gasteiger partial charge in [-0.1, -0.05) is 29.8 Å². The van der Waals surface area contributed by atoms with Crippen molar-refractivity contribution in [2.24, 2.45) is 0 Å². The van der Waals surface area contributed by atoms with Crippen LogP contribution in [-0.2, 0) is 9.53 Å². The molecule has 0 spiro atoms. The number of benzene rings is 1. The van der Waals surface area contributed by atoms with Crippen LogP contribution < -0.4 is 5.32 Å². The van der Waals surface area contributed by atoms with E-state index in [1.807, 2.05) is 19.1 Å². The van der Waals surface area contributed by atoms with Gasteiger partial charge >= 0.3 is 5.97 Å². The summed E-state index contributed by atoms with van der Waals surface area (Å²) >= 11 is 0. The number of aryl methyl sites for hydroxylation is 1. The molecular weight excluding hydrogens is 252 g/mol. The Kier molecular flexibility index (Phi) is 5.56. The van der Waals surface area contributed by atoms with E-state index in [2.05, 4.69) is 29.3 Å². The fourth-order valence-electron chi connectivity index (χ4n) is 2.59. The van der Waals surface area contributed by atoms with E-state index >= 15 is 0 Å². The van der Waals surface area contributed by atoms with Crippen LogP contribution in [0.25, 0.3) is 0 Å². The number of carbonyl (C=O) groups excluding carboxylic acids is 1. The summed E-state index contributed by atoms with van der Waals surface area (Å²) in [6.07, 6.45) is 1.06. The predicted octanol–water partition coefficient (Wildman–Crippen LogP) is 1.89. The van der Waals surface area contributed by atoms with Crippen LogP contribution in [0.15, 0.2) is 24.3 Å². The molecule has 1 aliphatic rings. The Morgan fingerprint density at radius 1 is 1.30 bits per heavy atom. The van der Waals surface area contributed by atoms with Gasteiger partial charge in [0.05, 0.1) is 6.61 Å². The Hall–Kier alpha value is -1.39. The van der Waals surface area contributed by atoms with E-state index in [0.717, 1.165) is 38.2 Å². The summed E-state index contributed by atoms with van der Waals surface area (Å²) < 4.78 is 5.28. The first-order valence-electron chi connectivity index (χ1n) is 7.40. The highest BCUT2D eigenvalue weighted by atomic mass is 16.5. The highest BCUT2D eigenvalue weighted by Gasteiger charge is 2.29. The summed E-state index contributed by atoms with van der Waals surface area (Å²) in [5, 5.41) is 3.37. The third kappa shape index (κ3) is 3.81. The summed E-state index contributed by atoms with van der Waals surface area (Å²) in [6, 6.07) is 7.90. The molecule has 1 aliphatic heterocycles. The predicted molar refractivity (Wildman–Crippen MR) is 79.6 cm³/mol. The van der Waals surface area contributed by atoms with Crippen molar-refractivity contribution in [3.05, 3.63) is 35.4 Å². The molecule has 1 aromatic carbocycles. The van der Waals surface area contributed by atoms with Crippen molar-refractivity contribution in [1.82, 2.24) is 10.2 Å². The molecular formula is C16H24N2O2. The molecule has 0 aliphatic carbocycles. The van der Waals surface area contributed by atoms with Gasteiger partial charge in [-0.3, -0.25) is 4.90 Å². The molecule has 0 aromatic heterocycles. The minimum Gasteiger partial charge on any atom is -0.465 e. The van der Waals surface area contributed by atoms with Gasteiger partial charge in [0.2, 0.25) is 0 Å². The Morgan fingerprint density at radius 2 is 2.05 bits per heavy atom. The first kappa shape index (κ1) is 15.0. The summed E-state index contributed by atoms with van der Waals surface area (Å²) in [4.78, 5) is 14.6. The van der Waals surface area contributed by atoms with Crippen LogP contribution in [0.3, 0.4) is 0 Å². The Bertz CT molecular complexity index is 423. The van der Waals surface area contributed by atoms with Crippen molar-refractivity contribution in [3.8, 4) is 0 Å². The van der Waals surface area contributed by atoms with Crippen molar-refractivity contribution >= 4 is 5.97 Å². The SMILES string of the molecule is CCOC(=O)C(c1ccc(C)cc1)N1CCCNCC1. The largest absolute Gasteiger partial charge is 0.465 e. The first-order valence-corrected chi connectivity index (χ1v) is 7.40. The minimum atomic E-state index is -0.282. The molecule has 0 bridgehead atoms. The molecule has 20 heavy (non-hydrogen) atoms. The molecule has 1 unspecified atom stereocenters. The lowest BCUT2D eigenvalue weighted by molar-refractivity contribution is -0.149. The van der Waals surface area contributed by atoms with Gasteiger partial charge in [-0.25, -0.2) is 4.79 Å². The second-order valence-electron chi connectivity index (χ2n) is 5.20. The maximum Gasteiger partial charge on any atom is 0.328 e. The van der Waals surface area contributed by atoms with Crippen molar-refractivity contribution in [1.29, 1.82) is 0 Å². The zero-order chi connectivity index (χ0) is 14.4. The average Bonchev–Trinajstić information content (AvgIpc) is 2.71. The molecule has 1 heterocycles. The minimum absolute atomic E-state index is 0.141.